The van der Waals surface area contributed by atoms with Crippen LogP contribution in [0.1, 0.15) is 15.9 Å². The largest absolute Gasteiger partial charge is 0.398 e. The van der Waals surface area contributed by atoms with Crippen molar-refractivity contribution in [3.8, 4) is 0 Å². The van der Waals surface area contributed by atoms with Crippen LogP contribution in [0.25, 0.3) is 0 Å². The van der Waals surface area contributed by atoms with Crippen molar-refractivity contribution in [1.29, 1.82) is 0 Å². The average molecular weight is 343 g/mol. The van der Waals surface area contributed by atoms with E-state index in [0.717, 1.165) is 4.47 Å². The maximum atomic E-state index is 13.7. The van der Waals surface area contributed by atoms with Gasteiger partial charge in [0.05, 0.1) is 5.02 Å². The van der Waals surface area contributed by atoms with Crippen molar-refractivity contribution in [2.75, 3.05) is 5.73 Å². The standard InChI is InChI=1S/C14H10BrClFNO/c15-9-4-5-10(12(18)7-9)13(19)6-8-2-1-3-11(16)14(8)17/h1-5,7H,6,18H2. The molecule has 0 aromatic heterocycles. The zero-order valence-electron chi connectivity index (χ0n) is 9.79. The summed E-state index contributed by atoms with van der Waals surface area (Å²) in [5.74, 6) is -0.806. The topological polar surface area (TPSA) is 43.1 Å². The lowest BCUT2D eigenvalue weighted by atomic mass is 10.0. The van der Waals surface area contributed by atoms with Gasteiger partial charge >= 0.3 is 0 Å². The van der Waals surface area contributed by atoms with E-state index in [4.69, 9.17) is 17.3 Å². The summed E-state index contributed by atoms with van der Waals surface area (Å²) in [6, 6.07) is 9.57. The van der Waals surface area contributed by atoms with E-state index in [9.17, 15) is 9.18 Å². The minimum absolute atomic E-state index is 0.00841. The van der Waals surface area contributed by atoms with E-state index >= 15 is 0 Å². The molecule has 0 radical (unpaired) electrons. The van der Waals surface area contributed by atoms with E-state index in [1.807, 2.05) is 0 Å². The molecular formula is C14H10BrClFNO. The van der Waals surface area contributed by atoms with Gasteiger partial charge in [-0.2, -0.15) is 0 Å². The molecule has 19 heavy (non-hydrogen) atoms. The number of halogens is 3. The molecule has 0 amide bonds. The van der Waals surface area contributed by atoms with Gasteiger partial charge < -0.3 is 5.73 Å². The smallest absolute Gasteiger partial charge is 0.169 e. The number of carbonyl (C=O) groups is 1. The maximum Gasteiger partial charge on any atom is 0.169 e. The Balaban J connectivity index is 2.28. The molecular weight excluding hydrogens is 333 g/mol. The molecule has 0 heterocycles. The SMILES string of the molecule is Nc1cc(Br)ccc1C(=O)Cc1cccc(Cl)c1F. The summed E-state index contributed by atoms with van der Waals surface area (Å²) in [5, 5.41) is 0.00841. The molecule has 98 valence electrons. The predicted molar refractivity (Wildman–Crippen MR) is 78.0 cm³/mol. The third kappa shape index (κ3) is 3.14. The Morgan fingerprint density at radius 2 is 2.05 bits per heavy atom. The van der Waals surface area contributed by atoms with Gasteiger partial charge in [0.1, 0.15) is 5.82 Å². The molecule has 5 heteroatoms. The fourth-order valence-electron chi connectivity index (χ4n) is 1.74. The average Bonchev–Trinajstić information content (AvgIpc) is 2.34. The molecule has 0 fully saturated rings. The van der Waals surface area contributed by atoms with Gasteiger partial charge in [-0.1, -0.05) is 39.7 Å². The second-order valence-corrected chi connectivity index (χ2v) is 5.37. The van der Waals surface area contributed by atoms with Crippen LogP contribution in [0.5, 0.6) is 0 Å². The van der Waals surface area contributed by atoms with Crippen LogP contribution in [0.15, 0.2) is 40.9 Å². The molecule has 2 N–H and O–H groups in total. The number of Topliss-reactive ketones (excluding diaryl/α,β-unsaturated/α-hetero) is 1. The molecule has 0 unspecified atom stereocenters. The number of carbonyl (C=O) groups excluding carboxylic acids is 1. The monoisotopic (exact) mass is 341 g/mol. The van der Waals surface area contributed by atoms with Gasteiger partial charge in [-0.3, -0.25) is 4.79 Å². The van der Waals surface area contributed by atoms with Gasteiger partial charge in [0.2, 0.25) is 0 Å². The first kappa shape index (κ1) is 14.0. The van der Waals surface area contributed by atoms with Crippen LogP contribution in [0, 0.1) is 5.82 Å². The molecule has 2 rings (SSSR count). The number of hydrogen-bond acceptors (Lipinski definition) is 2. The number of hydrogen-bond donors (Lipinski definition) is 1. The van der Waals surface area contributed by atoms with Crippen molar-refractivity contribution in [1.82, 2.24) is 0 Å². The summed E-state index contributed by atoms with van der Waals surface area (Å²) < 4.78 is 14.5. The Morgan fingerprint density at radius 1 is 1.32 bits per heavy atom. The first-order valence-corrected chi connectivity index (χ1v) is 6.67. The second kappa shape index (κ2) is 5.72. The van der Waals surface area contributed by atoms with Crippen molar-refractivity contribution in [3.63, 3.8) is 0 Å². The number of benzene rings is 2. The Labute approximate surface area is 123 Å². The number of anilines is 1. The highest BCUT2D eigenvalue weighted by Gasteiger charge is 2.14. The maximum absolute atomic E-state index is 13.7. The van der Waals surface area contributed by atoms with Crippen LogP contribution in [0.4, 0.5) is 10.1 Å². The summed E-state index contributed by atoms with van der Waals surface area (Å²) >= 11 is 8.94. The Kier molecular flexibility index (Phi) is 4.22. The van der Waals surface area contributed by atoms with Crippen molar-refractivity contribution in [3.05, 3.63) is 62.8 Å². The highest BCUT2D eigenvalue weighted by Crippen LogP contribution is 2.23. The summed E-state index contributed by atoms with van der Waals surface area (Å²) in [6.07, 6.45) is -0.0712. The third-order valence-electron chi connectivity index (χ3n) is 2.70. The predicted octanol–water partition coefficient (Wildman–Crippen LogP) is 4.25. The summed E-state index contributed by atoms with van der Waals surface area (Å²) in [7, 11) is 0. The first-order valence-electron chi connectivity index (χ1n) is 5.50. The molecule has 0 atom stereocenters. The van der Waals surface area contributed by atoms with Gasteiger partial charge in [-0.05, 0) is 29.8 Å². The zero-order chi connectivity index (χ0) is 14.0. The third-order valence-corrected chi connectivity index (χ3v) is 3.48. The van der Waals surface area contributed by atoms with Crippen LogP contribution in [0.3, 0.4) is 0 Å². The summed E-state index contributed by atoms with van der Waals surface area (Å²) in [6.45, 7) is 0. The van der Waals surface area contributed by atoms with Gasteiger partial charge in [0, 0.05) is 22.1 Å². The molecule has 0 saturated carbocycles. The summed E-state index contributed by atoms with van der Waals surface area (Å²) in [4.78, 5) is 12.1. The molecule has 0 spiro atoms. The Hall–Kier alpha value is -1.39. The van der Waals surface area contributed by atoms with E-state index in [1.54, 1.807) is 24.3 Å². The molecule has 2 nitrogen and oxygen atoms in total. The molecule has 0 aliphatic rings. The van der Waals surface area contributed by atoms with Crippen molar-refractivity contribution in [2.24, 2.45) is 0 Å². The Bertz CT molecular complexity index is 645. The number of ketones is 1. The van der Waals surface area contributed by atoms with Gasteiger partial charge in [0.25, 0.3) is 0 Å². The molecule has 0 saturated heterocycles. The quantitative estimate of drug-likeness (QED) is 0.669. The van der Waals surface area contributed by atoms with E-state index in [-0.39, 0.29) is 22.8 Å². The minimum Gasteiger partial charge on any atom is -0.398 e. The van der Waals surface area contributed by atoms with Gasteiger partial charge in [-0.15, -0.1) is 0 Å². The zero-order valence-corrected chi connectivity index (χ0v) is 12.1. The van der Waals surface area contributed by atoms with E-state index < -0.39 is 5.82 Å². The van der Waals surface area contributed by atoms with Crippen LogP contribution in [0.2, 0.25) is 5.02 Å². The van der Waals surface area contributed by atoms with Crippen molar-refractivity contribution >= 4 is 39.0 Å². The highest BCUT2D eigenvalue weighted by molar-refractivity contribution is 9.10. The van der Waals surface area contributed by atoms with Crippen molar-refractivity contribution < 1.29 is 9.18 Å². The normalized spacial score (nSPS) is 10.5. The van der Waals surface area contributed by atoms with Crippen LogP contribution < -0.4 is 5.73 Å². The lowest BCUT2D eigenvalue weighted by Gasteiger charge is -2.07. The Morgan fingerprint density at radius 3 is 2.74 bits per heavy atom. The number of nitrogen functional groups attached to an aromatic ring is 1. The number of rotatable bonds is 3. The second-order valence-electron chi connectivity index (χ2n) is 4.04. The van der Waals surface area contributed by atoms with Crippen LogP contribution in [-0.2, 0) is 6.42 Å². The fraction of sp³-hybridized carbons (Fsp3) is 0.0714. The van der Waals surface area contributed by atoms with Crippen LogP contribution >= 0.6 is 27.5 Å². The molecule has 2 aromatic rings. The molecule has 0 bridgehead atoms. The molecule has 0 aliphatic carbocycles. The first-order chi connectivity index (χ1) is 8.99. The lowest BCUT2D eigenvalue weighted by Crippen LogP contribution is -2.08. The fourth-order valence-corrected chi connectivity index (χ4v) is 2.31. The van der Waals surface area contributed by atoms with Crippen molar-refractivity contribution in [2.45, 2.75) is 6.42 Å². The summed E-state index contributed by atoms with van der Waals surface area (Å²) in [5.41, 5.74) is 6.78. The van der Waals surface area contributed by atoms with E-state index in [0.29, 0.717) is 11.3 Å². The van der Waals surface area contributed by atoms with Gasteiger partial charge in [0.15, 0.2) is 5.78 Å². The molecule has 0 aliphatic heterocycles. The lowest BCUT2D eigenvalue weighted by molar-refractivity contribution is 0.0992. The minimum atomic E-state index is -0.562. The van der Waals surface area contributed by atoms with Gasteiger partial charge in [-0.25, -0.2) is 4.39 Å². The van der Waals surface area contributed by atoms with E-state index in [1.165, 1.54) is 12.1 Å². The number of nitrogens with two attached hydrogens (primary N) is 1. The highest BCUT2D eigenvalue weighted by atomic mass is 79.9. The molecule has 2 aromatic carbocycles. The van der Waals surface area contributed by atoms with E-state index in [2.05, 4.69) is 15.9 Å². The van der Waals surface area contributed by atoms with Crippen LogP contribution in [-0.4, -0.2) is 5.78 Å².